The number of nitrogens with zero attached hydrogens (tertiary/aromatic N) is 1. The first-order valence-electron chi connectivity index (χ1n) is 9.31. The van der Waals surface area contributed by atoms with Crippen molar-refractivity contribution in [1.82, 2.24) is 15.5 Å². The number of hydrogen-bond donors (Lipinski definition) is 2. The highest BCUT2D eigenvalue weighted by Gasteiger charge is 2.67. The highest BCUT2D eigenvalue weighted by atomic mass is 35.6. The van der Waals surface area contributed by atoms with Gasteiger partial charge in [0.15, 0.2) is 0 Å². The van der Waals surface area contributed by atoms with E-state index in [4.69, 9.17) is 93.3 Å². The van der Waals surface area contributed by atoms with Gasteiger partial charge in [-0.25, -0.2) is 14.5 Å². The van der Waals surface area contributed by atoms with Crippen molar-refractivity contribution < 1.29 is 33.3 Å². The van der Waals surface area contributed by atoms with Crippen molar-refractivity contribution in [2.75, 3.05) is 32.9 Å². The van der Waals surface area contributed by atoms with E-state index in [-0.39, 0.29) is 19.7 Å². The Hall–Kier alpha value is 0.120. The number of amides is 2. The van der Waals surface area contributed by atoms with Crippen LogP contribution < -0.4 is 10.6 Å². The zero-order chi connectivity index (χ0) is 23.9. The number of halogens is 6. The second-order valence-electron chi connectivity index (χ2n) is 7.89. The summed E-state index contributed by atoms with van der Waals surface area (Å²) in [6.45, 7) is 3.10. The van der Waals surface area contributed by atoms with Crippen LogP contribution in [-0.4, -0.2) is 87.5 Å². The van der Waals surface area contributed by atoms with Crippen LogP contribution in [0.5, 0.6) is 0 Å². The maximum absolute atomic E-state index is 11.9. The molecule has 10 nitrogen and oxygen atoms in total. The molecule has 0 radical (unpaired) electrons. The molecule has 5 atom stereocenters. The molecule has 3 saturated heterocycles. The van der Waals surface area contributed by atoms with Crippen LogP contribution in [0, 0.1) is 0 Å². The molecular weight excluding hydrogens is 559 g/mol. The van der Waals surface area contributed by atoms with Gasteiger partial charge in [-0.3, -0.25) is 0 Å². The van der Waals surface area contributed by atoms with E-state index in [9.17, 15) is 9.59 Å². The van der Waals surface area contributed by atoms with Crippen LogP contribution in [-0.2, 0) is 23.7 Å². The van der Waals surface area contributed by atoms with Gasteiger partial charge in [-0.15, -0.1) is 0 Å². The van der Waals surface area contributed by atoms with Gasteiger partial charge in [-0.05, 0) is 13.8 Å². The summed E-state index contributed by atoms with van der Waals surface area (Å²) in [6.07, 6.45) is -3.05. The summed E-state index contributed by atoms with van der Waals surface area (Å²) in [5.74, 6) is 0. The van der Waals surface area contributed by atoms with E-state index in [1.165, 1.54) is 0 Å². The number of alkyl carbamates (subject to hydrolysis) is 2. The molecule has 32 heavy (non-hydrogen) atoms. The van der Waals surface area contributed by atoms with Gasteiger partial charge < -0.3 is 34.3 Å². The van der Waals surface area contributed by atoms with Gasteiger partial charge >= 0.3 is 12.2 Å². The fourth-order valence-corrected chi connectivity index (χ4v) is 4.02. The molecule has 0 unspecified atom stereocenters. The fourth-order valence-electron chi connectivity index (χ4n) is 3.69. The van der Waals surface area contributed by atoms with Crippen LogP contribution in [0.2, 0.25) is 0 Å². The number of alkyl halides is 6. The summed E-state index contributed by atoms with van der Waals surface area (Å²) in [6, 6.07) is 0. The lowest BCUT2D eigenvalue weighted by molar-refractivity contribution is -0.126. The van der Waals surface area contributed by atoms with Crippen LogP contribution in [0.3, 0.4) is 0 Å². The van der Waals surface area contributed by atoms with Crippen molar-refractivity contribution in [2.45, 2.75) is 51.3 Å². The van der Waals surface area contributed by atoms with E-state index in [1.54, 1.807) is 13.8 Å². The first kappa shape index (κ1) is 26.7. The Morgan fingerprint density at radius 2 is 1.38 bits per heavy atom. The van der Waals surface area contributed by atoms with E-state index in [0.717, 1.165) is 0 Å². The van der Waals surface area contributed by atoms with Gasteiger partial charge in [0.05, 0.1) is 19.7 Å². The lowest BCUT2D eigenvalue weighted by Crippen LogP contribution is -2.51. The van der Waals surface area contributed by atoms with Crippen LogP contribution in [0.4, 0.5) is 9.59 Å². The summed E-state index contributed by atoms with van der Waals surface area (Å²) in [4.78, 5) is 25.8. The van der Waals surface area contributed by atoms with Crippen molar-refractivity contribution in [3.05, 3.63) is 0 Å². The predicted molar refractivity (Wildman–Crippen MR) is 117 cm³/mol. The molecule has 0 aromatic rings. The van der Waals surface area contributed by atoms with E-state index >= 15 is 0 Å². The lowest BCUT2D eigenvalue weighted by atomic mass is 10.1. The molecular formula is C16H21Cl6N3O7. The molecule has 0 aromatic heterocycles. The third-order valence-electron chi connectivity index (χ3n) is 5.00. The molecule has 184 valence electrons. The van der Waals surface area contributed by atoms with Crippen LogP contribution in [0.25, 0.3) is 0 Å². The average Bonchev–Trinajstić information content (AvgIpc) is 3.28. The van der Waals surface area contributed by atoms with Gasteiger partial charge in [0.2, 0.25) is 7.59 Å². The Morgan fingerprint density at radius 3 is 1.84 bits per heavy atom. The third kappa shape index (κ3) is 6.41. The smallest absolute Gasteiger partial charge is 0.407 e. The zero-order valence-corrected chi connectivity index (χ0v) is 21.4. The van der Waals surface area contributed by atoms with Crippen molar-refractivity contribution in [1.29, 1.82) is 0 Å². The van der Waals surface area contributed by atoms with Crippen molar-refractivity contribution in [2.24, 2.45) is 0 Å². The molecule has 2 N–H and O–H groups in total. The molecule has 0 saturated carbocycles. The molecule has 16 heteroatoms. The number of hydrogen-bond acceptors (Lipinski definition) is 8. The molecule has 0 aliphatic carbocycles. The predicted octanol–water partition coefficient (Wildman–Crippen LogP) is 3.07. The zero-order valence-electron chi connectivity index (χ0n) is 16.8. The number of carbonyl (C=O) groups is 2. The van der Waals surface area contributed by atoms with E-state index in [2.05, 4.69) is 10.6 Å². The summed E-state index contributed by atoms with van der Waals surface area (Å²) in [7, 11) is 0. The normalized spacial score (nSPS) is 34.3. The first-order chi connectivity index (χ1) is 14.6. The molecule has 3 aliphatic heterocycles. The average molecular weight is 580 g/mol. The summed E-state index contributed by atoms with van der Waals surface area (Å²) in [5, 5.41) is 5.16. The first-order valence-corrected chi connectivity index (χ1v) is 11.6. The quantitative estimate of drug-likeness (QED) is 0.463. The largest absolute Gasteiger partial charge is 0.445 e. The maximum Gasteiger partial charge on any atom is 0.407 e. The van der Waals surface area contributed by atoms with Gasteiger partial charge in [0, 0.05) is 0 Å². The second-order valence-corrected chi connectivity index (χ2v) is 12.9. The monoisotopic (exact) mass is 577 g/mol. The number of carbonyl (C=O) groups excluding carboxylic acids is 2. The molecule has 3 rings (SSSR count). The fraction of sp³-hybridized carbons (Fsp3) is 0.875. The number of nitrogens with one attached hydrogen (secondary N) is 2. The molecule has 0 spiro atoms. The van der Waals surface area contributed by atoms with E-state index in [0.29, 0.717) is 0 Å². The molecule has 0 bridgehead atoms. The van der Waals surface area contributed by atoms with Gasteiger partial charge in [0.25, 0.3) is 0 Å². The minimum absolute atomic E-state index is 0.0465. The molecule has 3 aliphatic rings. The van der Waals surface area contributed by atoms with Gasteiger partial charge in [0.1, 0.15) is 43.1 Å². The number of rotatable bonds is 6. The standard InChI is InChI=1S/C16H21Cl6N3O7/c1-13(4-23-11(26)29-6-15(17,18)19)9-25-8(3-28-9)31-14(2,10(25)32-13)5-24-12(27)30-7-16(20,21)22/h8-10H,3-7H2,1-2H3,(H,23,26)(H,24,27)/t8-,9-,10-,13+,14+/m0/s1. The van der Waals surface area contributed by atoms with Crippen LogP contribution in [0.15, 0.2) is 0 Å². The SMILES string of the molecule is C[C@]1(CNC(=O)OCC(Cl)(Cl)Cl)O[C@H]2CO[C@@H]3N2[C@H]1O[C@]3(C)CNC(=O)OCC(Cl)(Cl)Cl. The summed E-state index contributed by atoms with van der Waals surface area (Å²) >= 11 is 33.5. The molecule has 2 amide bonds. The van der Waals surface area contributed by atoms with E-state index in [1.807, 2.05) is 4.90 Å². The second kappa shape index (κ2) is 9.64. The summed E-state index contributed by atoms with van der Waals surface area (Å²) < 4.78 is 24.4. The highest BCUT2D eigenvalue weighted by molar-refractivity contribution is 6.68. The number of ether oxygens (including phenoxy) is 5. The summed E-state index contributed by atoms with van der Waals surface area (Å²) in [5.41, 5.74) is -1.89. The van der Waals surface area contributed by atoms with Crippen molar-refractivity contribution >= 4 is 81.8 Å². The third-order valence-corrected chi connectivity index (χ3v) is 5.66. The minimum Gasteiger partial charge on any atom is -0.445 e. The van der Waals surface area contributed by atoms with Crippen LogP contribution in [0.1, 0.15) is 13.8 Å². The van der Waals surface area contributed by atoms with Gasteiger partial charge in [-0.1, -0.05) is 69.6 Å². The molecule has 3 fully saturated rings. The van der Waals surface area contributed by atoms with Crippen molar-refractivity contribution in [3.8, 4) is 0 Å². The Kier molecular flexibility index (Phi) is 8.05. The molecule has 3 heterocycles. The van der Waals surface area contributed by atoms with Gasteiger partial charge in [-0.2, -0.15) is 0 Å². The Balaban J connectivity index is 1.57. The lowest BCUT2D eigenvalue weighted by Gasteiger charge is -2.32. The Morgan fingerprint density at radius 1 is 0.906 bits per heavy atom. The minimum atomic E-state index is -1.72. The maximum atomic E-state index is 11.9. The van der Waals surface area contributed by atoms with Crippen LogP contribution >= 0.6 is 69.6 Å². The van der Waals surface area contributed by atoms with Crippen molar-refractivity contribution in [3.63, 3.8) is 0 Å². The Bertz CT molecular complexity index is 704. The molecule has 0 aromatic carbocycles. The Labute approximate surface area is 214 Å². The van der Waals surface area contributed by atoms with E-state index < -0.39 is 62.9 Å². The topological polar surface area (TPSA) is 108 Å². The highest BCUT2D eigenvalue weighted by Crippen LogP contribution is 2.48.